The Labute approximate surface area is 96.1 Å². The molecular formula is C13H19FO2. The van der Waals surface area contributed by atoms with E-state index in [2.05, 4.69) is 0 Å². The minimum absolute atomic E-state index is 0.265. The Bertz CT molecular complexity index is 339. The average Bonchev–Trinajstić information content (AvgIpc) is 2.17. The van der Waals surface area contributed by atoms with Crippen molar-refractivity contribution in [2.45, 2.75) is 26.4 Å². The average molecular weight is 226 g/mol. The van der Waals surface area contributed by atoms with Crippen molar-refractivity contribution in [2.75, 3.05) is 13.7 Å². The molecule has 90 valence electrons. The van der Waals surface area contributed by atoms with Crippen LogP contribution in [0.4, 0.5) is 4.39 Å². The van der Waals surface area contributed by atoms with Crippen molar-refractivity contribution >= 4 is 0 Å². The highest BCUT2D eigenvalue weighted by molar-refractivity contribution is 5.28. The zero-order chi connectivity index (χ0) is 12.1. The molecule has 3 heteroatoms. The summed E-state index contributed by atoms with van der Waals surface area (Å²) in [5.41, 5.74) is 1.58. The van der Waals surface area contributed by atoms with Crippen LogP contribution in [0, 0.1) is 18.7 Å². The third-order valence-corrected chi connectivity index (χ3v) is 2.67. The minimum Gasteiger partial charge on any atom is -0.388 e. The molecule has 0 radical (unpaired) electrons. The molecule has 0 fully saturated rings. The van der Waals surface area contributed by atoms with Gasteiger partial charge in [0.05, 0.1) is 6.10 Å². The summed E-state index contributed by atoms with van der Waals surface area (Å²) in [6, 6.07) is 4.47. The molecule has 1 rings (SSSR count). The molecule has 0 bridgehead atoms. The van der Waals surface area contributed by atoms with Crippen LogP contribution >= 0.6 is 0 Å². The maximum Gasteiger partial charge on any atom is 0.123 e. The summed E-state index contributed by atoms with van der Waals surface area (Å²) in [5.74, 6) is 0.0165. The van der Waals surface area contributed by atoms with Crippen LogP contribution in [0.2, 0.25) is 0 Å². The Balaban J connectivity index is 2.69. The molecule has 0 aliphatic heterocycles. The van der Waals surface area contributed by atoms with Gasteiger partial charge in [0.25, 0.3) is 0 Å². The molecule has 2 nitrogen and oxygen atoms in total. The third-order valence-electron chi connectivity index (χ3n) is 2.67. The second kappa shape index (κ2) is 5.97. The van der Waals surface area contributed by atoms with Gasteiger partial charge in [-0.15, -0.1) is 0 Å². The molecule has 0 amide bonds. The topological polar surface area (TPSA) is 29.5 Å². The lowest BCUT2D eigenvalue weighted by Gasteiger charge is -2.17. The van der Waals surface area contributed by atoms with E-state index in [0.717, 1.165) is 11.1 Å². The molecule has 0 aliphatic rings. The number of aliphatic hydroxyl groups excluding tert-OH is 1. The Morgan fingerprint density at radius 3 is 2.69 bits per heavy atom. The zero-order valence-electron chi connectivity index (χ0n) is 10.0. The van der Waals surface area contributed by atoms with Gasteiger partial charge in [0.1, 0.15) is 5.82 Å². The van der Waals surface area contributed by atoms with Crippen molar-refractivity contribution in [1.82, 2.24) is 0 Å². The lowest BCUT2D eigenvalue weighted by Crippen LogP contribution is -2.10. The van der Waals surface area contributed by atoms with Crippen molar-refractivity contribution in [1.29, 1.82) is 0 Å². The number of aryl methyl sites for hydroxylation is 1. The zero-order valence-corrected chi connectivity index (χ0v) is 10.0. The molecule has 2 atom stereocenters. The fraction of sp³-hybridized carbons (Fsp3) is 0.538. The lowest BCUT2D eigenvalue weighted by atomic mass is 9.96. The summed E-state index contributed by atoms with van der Waals surface area (Å²) in [4.78, 5) is 0. The number of halogens is 1. The van der Waals surface area contributed by atoms with Crippen molar-refractivity contribution in [2.24, 2.45) is 5.92 Å². The number of aliphatic hydroxyl groups is 1. The van der Waals surface area contributed by atoms with E-state index in [-0.39, 0.29) is 11.7 Å². The van der Waals surface area contributed by atoms with E-state index in [0.29, 0.717) is 13.0 Å². The minimum atomic E-state index is -0.550. The van der Waals surface area contributed by atoms with Gasteiger partial charge in [0.2, 0.25) is 0 Å². The van der Waals surface area contributed by atoms with E-state index in [4.69, 9.17) is 4.74 Å². The largest absolute Gasteiger partial charge is 0.388 e. The van der Waals surface area contributed by atoms with Gasteiger partial charge < -0.3 is 9.84 Å². The molecule has 1 aromatic carbocycles. The smallest absolute Gasteiger partial charge is 0.123 e. The normalized spacial score (nSPS) is 14.8. The molecule has 0 saturated carbocycles. The van der Waals surface area contributed by atoms with Crippen LogP contribution in [0.5, 0.6) is 0 Å². The fourth-order valence-corrected chi connectivity index (χ4v) is 1.87. The predicted molar refractivity (Wildman–Crippen MR) is 61.8 cm³/mol. The van der Waals surface area contributed by atoms with Crippen molar-refractivity contribution in [3.05, 3.63) is 35.1 Å². The highest BCUT2D eigenvalue weighted by atomic mass is 19.1. The summed E-state index contributed by atoms with van der Waals surface area (Å²) in [5, 5.41) is 10.0. The van der Waals surface area contributed by atoms with Crippen LogP contribution in [0.25, 0.3) is 0 Å². The maximum absolute atomic E-state index is 12.9. The first-order chi connectivity index (χ1) is 7.54. The van der Waals surface area contributed by atoms with Crippen LogP contribution < -0.4 is 0 Å². The van der Waals surface area contributed by atoms with Gasteiger partial charge in [-0.3, -0.25) is 0 Å². The highest BCUT2D eigenvalue weighted by Crippen LogP contribution is 2.24. The van der Waals surface area contributed by atoms with Gasteiger partial charge in [-0.25, -0.2) is 4.39 Å². The molecule has 2 unspecified atom stereocenters. The first kappa shape index (κ1) is 13.1. The van der Waals surface area contributed by atoms with Gasteiger partial charge in [-0.2, -0.15) is 0 Å². The van der Waals surface area contributed by atoms with Gasteiger partial charge in [0.15, 0.2) is 0 Å². The predicted octanol–water partition coefficient (Wildman–Crippen LogP) is 2.84. The summed E-state index contributed by atoms with van der Waals surface area (Å²) in [6.07, 6.45) is 0.0751. The van der Waals surface area contributed by atoms with Gasteiger partial charge in [0, 0.05) is 13.7 Å². The molecule has 1 N–H and O–H groups in total. The van der Waals surface area contributed by atoms with E-state index in [1.54, 1.807) is 13.2 Å². The van der Waals surface area contributed by atoms with Gasteiger partial charge >= 0.3 is 0 Å². The number of ether oxygens (including phenoxy) is 1. The van der Waals surface area contributed by atoms with Gasteiger partial charge in [-0.1, -0.05) is 13.0 Å². The molecule has 0 aliphatic carbocycles. The first-order valence-electron chi connectivity index (χ1n) is 5.47. The third kappa shape index (κ3) is 3.58. The fourth-order valence-electron chi connectivity index (χ4n) is 1.87. The van der Waals surface area contributed by atoms with Crippen LogP contribution in [-0.4, -0.2) is 18.8 Å². The summed E-state index contributed by atoms with van der Waals surface area (Å²) < 4.78 is 17.9. The molecule has 0 aromatic heterocycles. The van der Waals surface area contributed by atoms with E-state index in [1.165, 1.54) is 12.1 Å². The molecule has 0 saturated heterocycles. The summed E-state index contributed by atoms with van der Waals surface area (Å²) in [6.45, 7) is 4.45. The monoisotopic (exact) mass is 226 g/mol. The van der Waals surface area contributed by atoms with E-state index < -0.39 is 6.10 Å². The van der Waals surface area contributed by atoms with E-state index in [9.17, 15) is 9.50 Å². The number of methoxy groups -OCH3 is 1. The summed E-state index contributed by atoms with van der Waals surface area (Å²) in [7, 11) is 1.64. The van der Waals surface area contributed by atoms with Gasteiger partial charge in [-0.05, 0) is 42.5 Å². The number of hydrogen-bond acceptors (Lipinski definition) is 2. The number of benzene rings is 1. The molecule has 0 heterocycles. The Kier molecular flexibility index (Phi) is 4.90. The molecule has 16 heavy (non-hydrogen) atoms. The highest BCUT2D eigenvalue weighted by Gasteiger charge is 2.14. The lowest BCUT2D eigenvalue weighted by molar-refractivity contribution is 0.101. The quantitative estimate of drug-likeness (QED) is 0.836. The standard InChI is InChI=1S/C13H19FO2/c1-9(8-16-3)6-13(15)12-5-4-11(14)7-10(12)2/h4-5,7,9,13,15H,6,8H2,1-3H3. The van der Waals surface area contributed by atoms with Crippen molar-refractivity contribution in [3.63, 3.8) is 0 Å². The van der Waals surface area contributed by atoms with E-state index in [1.807, 2.05) is 13.8 Å². The summed E-state index contributed by atoms with van der Waals surface area (Å²) >= 11 is 0. The molecular weight excluding hydrogens is 207 g/mol. The Hall–Kier alpha value is -0.930. The van der Waals surface area contributed by atoms with Crippen molar-refractivity contribution in [3.8, 4) is 0 Å². The Morgan fingerprint density at radius 1 is 1.44 bits per heavy atom. The van der Waals surface area contributed by atoms with Crippen LogP contribution in [-0.2, 0) is 4.74 Å². The molecule has 1 aromatic rings. The first-order valence-corrected chi connectivity index (χ1v) is 5.47. The van der Waals surface area contributed by atoms with Crippen molar-refractivity contribution < 1.29 is 14.2 Å². The number of rotatable bonds is 5. The van der Waals surface area contributed by atoms with Crippen LogP contribution in [0.3, 0.4) is 0 Å². The van der Waals surface area contributed by atoms with Crippen LogP contribution in [0.15, 0.2) is 18.2 Å². The number of hydrogen-bond donors (Lipinski definition) is 1. The SMILES string of the molecule is COCC(C)CC(O)c1ccc(F)cc1C. The second-order valence-electron chi connectivity index (χ2n) is 4.31. The van der Waals surface area contributed by atoms with E-state index >= 15 is 0 Å². The molecule has 0 spiro atoms. The Morgan fingerprint density at radius 2 is 2.12 bits per heavy atom. The maximum atomic E-state index is 12.9. The van der Waals surface area contributed by atoms with Crippen LogP contribution in [0.1, 0.15) is 30.6 Å². The second-order valence-corrected chi connectivity index (χ2v) is 4.31.